The van der Waals surface area contributed by atoms with E-state index in [0.717, 1.165) is 0 Å². The Morgan fingerprint density at radius 3 is 2.69 bits per heavy atom. The highest BCUT2D eigenvalue weighted by molar-refractivity contribution is 6.29. The van der Waals surface area contributed by atoms with Crippen LogP contribution in [0.3, 0.4) is 0 Å². The lowest BCUT2D eigenvalue weighted by atomic mass is 10.3. The molecule has 0 bridgehead atoms. The van der Waals surface area contributed by atoms with Gasteiger partial charge in [0.05, 0.1) is 0 Å². The number of hydrogen-bond donors (Lipinski definition) is 1. The van der Waals surface area contributed by atoms with E-state index < -0.39 is 0 Å². The quantitative estimate of drug-likeness (QED) is 0.860. The molecule has 0 fully saturated rings. The van der Waals surface area contributed by atoms with Crippen LogP contribution in [0, 0.1) is 0 Å². The van der Waals surface area contributed by atoms with Gasteiger partial charge in [-0.05, 0) is 24.3 Å². The van der Waals surface area contributed by atoms with E-state index in [1.165, 1.54) is 0 Å². The molecule has 0 unspecified atom stereocenters. The van der Waals surface area contributed by atoms with Gasteiger partial charge >= 0.3 is 0 Å². The number of carbonyl (C=O) groups is 1. The van der Waals surface area contributed by atoms with Gasteiger partial charge in [0, 0.05) is 6.20 Å². The number of rotatable bonds is 2. The van der Waals surface area contributed by atoms with Crippen LogP contribution in [0.2, 0.25) is 5.15 Å². The van der Waals surface area contributed by atoms with E-state index >= 15 is 0 Å². The molecule has 2 aromatic heterocycles. The Morgan fingerprint density at radius 2 is 2.06 bits per heavy atom. The predicted molar refractivity (Wildman–Crippen MR) is 59.2 cm³/mol. The van der Waals surface area contributed by atoms with Crippen LogP contribution in [0.4, 0.5) is 5.82 Å². The Hall–Kier alpha value is -2.01. The van der Waals surface area contributed by atoms with Crippen molar-refractivity contribution in [2.45, 2.75) is 0 Å². The standard InChI is InChI=1S/C10H7ClN4O/c11-8-4-5-9(15-14-8)13-10(16)7-3-1-2-6-12-7/h1-6H,(H,13,15,16). The van der Waals surface area contributed by atoms with Crippen molar-refractivity contribution >= 4 is 23.3 Å². The monoisotopic (exact) mass is 234 g/mol. The first-order valence-electron chi connectivity index (χ1n) is 4.47. The third-order valence-corrected chi connectivity index (χ3v) is 1.97. The largest absolute Gasteiger partial charge is 0.304 e. The maximum absolute atomic E-state index is 11.6. The molecule has 80 valence electrons. The maximum Gasteiger partial charge on any atom is 0.275 e. The molecule has 0 radical (unpaired) electrons. The average Bonchev–Trinajstić information content (AvgIpc) is 2.33. The highest BCUT2D eigenvalue weighted by Crippen LogP contribution is 2.07. The van der Waals surface area contributed by atoms with E-state index in [2.05, 4.69) is 20.5 Å². The van der Waals surface area contributed by atoms with Gasteiger partial charge in [-0.15, -0.1) is 10.2 Å². The number of amides is 1. The number of nitrogens with one attached hydrogen (secondary N) is 1. The van der Waals surface area contributed by atoms with Crippen molar-refractivity contribution in [1.29, 1.82) is 0 Å². The molecule has 0 aliphatic carbocycles. The van der Waals surface area contributed by atoms with Crippen LogP contribution in [0.5, 0.6) is 0 Å². The van der Waals surface area contributed by atoms with Crippen molar-refractivity contribution in [3.63, 3.8) is 0 Å². The lowest BCUT2D eigenvalue weighted by Crippen LogP contribution is -2.14. The smallest absolute Gasteiger partial charge is 0.275 e. The fraction of sp³-hybridized carbons (Fsp3) is 0. The molecule has 0 aliphatic heterocycles. The number of anilines is 1. The third-order valence-electron chi connectivity index (χ3n) is 1.77. The summed E-state index contributed by atoms with van der Waals surface area (Å²) in [5, 5.41) is 10.1. The normalized spacial score (nSPS) is 9.81. The molecule has 1 N–H and O–H groups in total. The molecule has 2 rings (SSSR count). The molecule has 6 heteroatoms. The van der Waals surface area contributed by atoms with Crippen LogP contribution >= 0.6 is 11.6 Å². The lowest BCUT2D eigenvalue weighted by molar-refractivity contribution is 0.102. The van der Waals surface area contributed by atoms with Crippen LogP contribution in [-0.4, -0.2) is 21.1 Å². The highest BCUT2D eigenvalue weighted by atomic mass is 35.5. The summed E-state index contributed by atoms with van der Waals surface area (Å²) in [6.45, 7) is 0. The van der Waals surface area contributed by atoms with E-state index in [0.29, 0.717) is 11.5 Å². The number of carbonyl (C=O) groups excluding carboxylic acids is 1. The Bertz CT molecular complexity index is 486. The molecule has 0 saturated carbocycles. The number of pyridine rings is 1. The molecule has 0 atom stereocenters. The van der Waals surface area contributed by atoms with Gasteiger partial charge in [0.15, 0.2) is 11.0 Å². The second-order valence-electron chi connectivity index (χ2n) is 2.91. The Labute approximate surface area is 96.5 Å². The number of halogens is 1. The van der Waals surface area contributed by atoms with Crippen LogP contribution in [-0.2, 0) is 0 Å². The summed E-state index contributed by atoms with van der Waals surface area (Å²) in [6, 6.07) is 8.19. The van der Waals surface area contributed by atoms with Crippen molar-refractivity contribution in [2.24, 2.45) is 0 Å². The lowest BCUT2D eigenvalue weighted by Gasteiger charge is -2.02. The van der Waals surface area contributed by atoms with Crippen molar-refractivity contribution in [1.82, 2.24) is 15.2 Å². The minimum atomic E-state index is -0.336. The third kappa shape index (κ3) is 2.52. The molecular weight excluding hydrogens is 228 g/mol. The molecule has 1 amide bonds. The summed E-state index contributed by atoms with van der Waals surface area (Å²) in [6.07, 6.45) is 1.54. The van der Waals surface area contributed by atoms with Gasteiger partial charge < -0.3 is 5.32 Å². The van der Waals surface area contributed by atoms with E-state index in [1.807, 2.05) is 0 Å². The minimum Gasteiger partial charge on any atom is -0.304 e. The summed E-state index contributed by atoms with van der Waals surface area (Å²) < 4.78 is 0. The van der Waals surface area contributed by atoms with Crippen molar-refractivity contribution in [3.8, 4) is 0 Å². The molecule has 0 aliphatic rings. The van der Waals surface area contributed by atoms with Crippen molar-refractivity contribution in [3.05, 3.63) is 47.4 Å². The van der Waals surface area contributed by atoms with Crippen LogP contribution in [0.25, 0.3) is 0 Å². The molecule has 0 saturated heterocycles. The van der Waals surface area contributed by atoms with Gasteiger partial charge in [-0.1, -0.05) is 17.7 Å². The summed E-state index contributed by atoms with van der Waals surface area (Å²) in [4.78, 5) is 15.5. The minimum absolute atomic E-state index is 0.274. The topological polar surface area (TPSA) is 67.8 Å². The van der Waals surface area contributed by atoms with Gasteiger partial charge in [-0.25, -0.2) is 0 Å². The molecule has 2 heterocycles. The Balaban J connectivity index is 2.11. The van der Waals surface area contributed by atoms with Crippen molar-refractivity contribution < 1.29 is 4.79 Å². The molecule has 5 nitrogen and oxygen atoms in total. The zero-order valence-corrected chi connectivity index (χ0v) is 8.85. The molecule has 0 aromatic carbocycles. The SMILES string of the molecule is O=C(Nc1ccc(Cl)nn1)c1ccccn1. The van der Waals surface area contributed by atoms with Crippen LogP contribution < -0.4 is 5.32 Å². The summed E-state index contributed by atoms with van der Waals surface area (Å²) in [5.74, 6) is -0.00252. The van der Waals surface area contributed by atoms with Crippen molar-refractivity contribution in [2.75, 3.05) is 5.32 Å². The molecule has 2 aromatic rings. The summed E-state index contributed by atoms with van der Waals surface area (Å²) in [7, 11) is 0. The first-order chi connectivity index (χ1) is 7.75. The van der Waals surface area contributed by atoms with Gasteiger partial charge in [-0.2, -0.15) is 0 Å². The van der Waals surface area contributed by atoms with Gasteiger partial charge in [-0.3, -0.25) is 9.78 Å². The van der Waals surface area contributed by atoms with Gasteiger partial charge in [0.1, 0.15) is 5.69 Å². The number of hydrogen-bond acceptors (Lipinski definition) is 4. The Morgan fingerprint density at radius 1 is 1.19 bits per heavy atom. The van der Waals surface area contributed by atoms with Gasteiger partial charge in [0.25, 0.3) is 5.91 Å². The molecule has 16 heavy (non-hydrogen) atoms. The van der Waals surface area contributed by atoms with E-state index in [1.54, 1.807) is 36.5 Å². The average molecular weight is 235 g/mol. The summed E-state index contributed by atoms with van der Waals surface area (Å²) >= 11 is 5.57. The summed E-state index contributed by atoms with van der Waals surface area (Å²) in [5.41, 5.74) is 0.319. The predicted octanol–water partition coefficient (Wildman–Crippen LogP) is 1.78. The number of aromatic nitrogens is 3. The zero-order valence-electron chi connectivity index (χ0n) is 8.09. The first kappa shape index (κ1) is 10.5. The van der Waals surface area contributed by atoms with Crippen LogP contribution in [0.1, 0.15) is 10.5 Å². The Kier molecular flexibility index (Phi) is 3.07. The second kappa shape index (κ2) is 4.67. The van der Waals surface area contributed by atoms with Crippen LogP contribution in [0.15, 0.2) is 36.5 Å². The molecular formula is C10H7ClN4O. The fourth-order valence-corrected chi connectivity index (χ4v) is 1.16. The van der Waals surface area contributed by atoms with E-state index in [-0.39, 0.29) is 11.1 Å². The number of nitrogens with zero attached hydrogens (tertiary/aromatic N) is 3. The molecule has 0 spiro atoms. The fourth-order valence-electron chi connectivity index (χ4n) is 1.06. The van der Waals surface area contributed by atoms with E-state index in [9.17, 15) is 4.79 Å². The van der Waals surface area contributed by atoms with E-state index in [4.69, 9.17) is 11.6 Å². The zero-order chi connectivity index (χ0) is 11.4. The second-order valence-corrected chi connectivity index (χ2v) is 3.30. The van der Waals surface area contributed by atoms with Gasteiger partial charge in [0.2, 0.25) is 0 Å². The maximum atomic E-state index is 11.6. The first-order valence-corrected chi connectivity index (χ1v) is 4.85. The highest BCUT2D eigenvalue weighted by Gasteiger charge is 2.07.